The summed E-state index contributed by atoms with van der Waals surface area (Å²) >= 11 is 0. The van der Waals surface area contributed by atoms with Crippen LogP contribution in [-0.4, -0.2) is 23.4 Å². The van der Waals surface area contributed by atoms with Gasteiger partial charge in [0.1, 0.15) is 0 Å². The molecule has 0 aromatic carbocycles. The van der Waals surface area contributed by atoms with Gasteiger partial charge in [0.25, 0.3) is 0 Å². The van der Waals surface area contributed by atoms with Crippen molar-refractivity contribution in [1.29, 1.82) is 0 Å². The van der Waals surface area contributed by atoms with Crippen LogP contribution in [0.15, 0.2) is 12.2 Å². The quantitative estimate of drug-likeness (QED) is 0.420. The van der Waals surface area contributed by atoms with Crippen molar-refractivity contribution in [2.45, 2.75) is 51.4 Å². The molecular formula is C12H24O2. The van der Waals surface area contributed by atoms with Crippen molar-refractivity contribution in [2.24, 2.45) is 0 Å². The lowest BCUT2D eigenvalue weighted by Crippen LogP contribution is -1.84. The molecule has 2 heteroatoms. The first kappa shape index (κ1) is 13.7. The fourth-order valence-electron chi connectivity index (χ4n) is 1.45. The lowest BCUT2D eigenvalue weighted by atomic mass is 10.1. The summed E-state index contributed by atoms with van der Waals surface area (Å²) in [5.74, 6) is 0. The zero-order valence-corrected chi connectivity index (χ0v) is 9.12. The minimum absolute atomic E-state index is 0.168. The molecule has 0 heterocycles. The lowest BCUT2D eigenvalue weighted by molar-refractivity contribution is 0.282. The first-order valence-electron chi connectivity index (χ1n) is 5.78. The Bertz CT molecular complexity index is 121. The molecule has 0 spiro atoms. The van der Waals surface area contributed by atoms with Crippen LogP contribution < -0.4 is 0 Å². The van der Waals surface area contributed by atoms with Gasteiger partial charge in [-0.15, -0.1) is 0 Å². The summed E-state index contributed by atoms with van der Waals surface area (Å²) in [6.45, 7) is 0.507. The van der Waals surface area contributed by atoms with Crippen LogP contribution in [0.25, 0.3) is 0 Å². The van der Waals surface area contributed by atoms with Crippen LogP contribution >= 0.6 is 0 Å². The molecule has 2 nitrogen and oxygen atoms in total. The van der Waals surface area contributed by atoms with Crippen molar-refractivity contribution in [3.63, 3.8) is 0 Å². The van der Waals surface area contributed by atoms with Crippen LogP contribution in [-0.2, 0) is 0 Å². The smallest absolute Gasteiger partial charge is 0.0612 e. The van der Waals surface area contributed by atoms with Crippen LogP contribution in [0.3, 0.4) is 0 Å². The van der Waals surface area contributed by atoms with E-state index in [1.165, 1.54) is 38.5 Å². The van der Waals surface area contributed by atoms with Gasteiger partial charge in [-0.1, -0.05) is 44.3 Å². The molecule has 0 radical (unpaired) electrons. The summed E-state index contributed by atoms with van der Waals surface area (Å²) in [5, 5.41) is 17.0. The molecule has 0 atom stereocenters. The highest BCUT2D eigenvalue weighted by atomic mass is 16.3. The normalized spacial score (nSPS) is 11.3. The first-order valence-corrected chi connectivity index (χ1v) is 5.78. The first-order chi connectivity index (χ1) is 6.91. The third-order valence-corrected chi connectivity index (χ3v) is 2.30. The largest absolute Gasteiger partial charge is 0.396 e. The van der Waals surface area contributed by atoms with E-state index in [1.807, 2.05) is 6.08 Å². The number of allylic oxidation sites excluding steroid dienone is 1. The van der Waals surface area contributed by atoms with Crippen molar-refractivity contribution in [3.05, 3.63) is 12.2 Å². The third-order valence-electron chi connectivity index (χ3n) is 2.30. The minimum atomic E-state index is 0.168. The highest BCUT2D eigenvalue weighted by molar-refractivity contribution is 4.80. The average Bonchev–Trinajstić information content (AvgIpc) is 2.21. The number of unbranched alkanes of at least 4 members (excludes halogenated alkanes) is 7. The van der Waals surface area contributed by atoms with Crippen LogP contribution in [0.4, 0.5) is 0 Å². The second kappa shape index (κ2) is 12.7. The fraction of sp³-hybridized carbons (Fsp3) is 0.833. The molecule has 0 saturated carbocycles. The zero-order valence-electron chi connectivity index (χ0n) is 9.12. The standard InChI is InChI=1S/C12H24O2/c13-11-9-7-5-3-1-2-4-6-8-10-12-14/h7,9,13-14H,1-6,8,10-12H2. The Morgan fingerprint density at radius 3 is 1.79 bits per heavy atom. The van der Waals surface area contributed by atoms with Crippen LogP contribution in [0.1, 0.15) is 51.4 Å². The maximum atomic E-state index is 8.56. The van der Waals surface area contributed by atoms with E-state index < -0.39 is 0 Å². The van der Waals surface area contributed by atoms with E-state index >= 15 is 0 Å². The van der Waals surface area contributed by atoms with E-state index in [0.29, 0.717) is 6.61 Å². The molecule has 0 rings (SSSR count). The Morgan fingerprint density at radius 2 is 1.21 bits per heavy atom. The molecule has 14 heavy (non-hydrogen) atoms. The zero-order chi connectivity index (χ0) is 10.5. The van der Waals surface area contributed by atoms with Gasteiger partial charge >= 0.3 is 0 Å². The number of hydrogen-bond donors (Lipinski definition) is 2. The van der Waals surface area contributed by atoms with E-state index in [2.05, 4.69) is 0 Å². The molecule has 0 aromatic rings. The van der Waals surface area contributed by atoms with Gasteiger partial charge in [-0.05, 0) is 19.3 Å². The van der Waals surface area contributed by atoms with E-state index in [9.17, 15) is 0 Å². The summed E-state index contributed by atoms with van der Waals surface area (Å²) in [6, 6.07) is 0. The van der Waals surface area contributed by atoms with Gasteiger partial charge < -0.3 is 10.2 Å². The van der Waals surface area contributed by atoms with E-state index in [0.717, 1.165) is 12.8 Å². The predicted octanol–water partition coefficient (Wildman–Crippen LogP) is 2.65. The van der Waals surface area contributed by atoms with Gasteiger partial charge in [0.2, 0.25) is 0 Å². The summed E-state index contributed by atoms with van der Waals surface area (Å²) in [5.41, 5.74) is 0. The Kier molecular flexibility index (Phi) is 12.4. The summed E-state index contributed by atoms with van der Waals surface area (Å²) < 4.78 is 0. The highest BCUT2D eigenvalue weighted by Crippen LogP contribution is 2.08. The van der Waals surface area contributed by atoms with Gasteiger partial charge in [-0.25, -0.2) is 0 Å². The van der Waals surface area contributed by atoms with Gasteiger partial charge in [-0.3, -0.25) is 0 Å². The molecule has 2 N–H and O–H groups in total. The number of rotatable bonds is 10. The Hall–Kier alpha value is -0.340. The van der Waals surface area contributed by atoms with Crippen molar-refractivity contribution in [2.75, 3.05) is 13.2 Å². The minimum Gasteiger partial charge on any atom is -0.396 e. The van der Waals surface area contributed by atoms with E-state index in [1.54, 1.807) is 6.08 Å². The molecule has 0 saturated heterocycles. The fourth-order valence-corrected chi connectivity index (χ4v) is 1.45. The van der Waals surface area contributed by atoms with Gasteiger partial charge in [0, 0.05) is 6.61 Å². The Labute approximate surface area is 87.7 Å². The predicted molar refractivity (Wildman–Crippen MR) is 60.2 cm³/mol. The van der Waals surface area contributed by atoms with Gasteiger partial charge in [0.05, 0.1) is 6.61 Å². The summed E-state index contributed by atoms with van der Waals surface area (Å²) in [4.78, 5) is 0. The second-order valence-corrected chi connectivity index (χ2v) is 3.64. The van der Waals surface area contributed by atoms with Gasteiger partial charge in [0.15, 0.2) is 0 Å². The molecular weight excluding hydrogens is 176 g/mol. The maximum Gasteiger partial charge on any atom is 0.0612 e. The van der Waals surface area contributed by atoms with Crippen LogP contribution in [0.5, 0.6) is 0 Å². The van der Waals surface area contributed by atoms with E-state index in [-0.39, 0.29) is 6.61 Å². The highest BCUT2D eigenvalue weighted by Gasteiger charge is 1.90. The van der Waals surface area contributed by atoms with Crippen LogP contribution in [0, 0.1) is 0 Å². The number of aliphatic hydroxyl groups excluding tert-OH is 2. The van der Waals surface area contributed by atoms with Crippen molar-refractivity contribution >= 4 is 0 Å². The molecule has 84 valence electrons. The molecule has 0 aromatic heterocycles. The molecule has 0 aliphatic rings. The van der Waals surface area contributed by atoms with Gasteiger partial charge in [-0.2, -0.15) is 0 Å². The molecule has 0 fully saturated rings. The maximum absolute atomic E-state index is 8.56. The van der Waals surface area contributed by atoms with E-state index in [4.69, 9.17) is 10.2 Å². The summed E-state index contributed by atoms with van der Waals surface area (Å²) in [7, 11) is 0. The third kappa shape index (κ3) is 11.7. The Balaban J connectivity index is 2.88. The SMILES string of the molecule is OCC=CCCCCCCCCCO. The number of aliphatic hydroxyl groups is 2. The average molecular weight is 200 g/mol. The summed E-state index contributed by atoms with van der Waals surface area (Å²) in [6.07, 6.45) is 13.4. The topological polar surface area (TPSA) is 40.5 Å². The molecule has 0 aliphatic heterocycles. The molecule has 0 unspecified atom stereocenters. The Morgan fingerprint density at radius 1 is 0.643 bits per heavy atom. The van der Waals surface area contributed by atoms with Crippen molar-refractivity contribution < 1.29 is 10.2 Å². The lowest BCUT2D eigenvalue weighted by Gasteiger charge is -1.99. The molecule has 0 aliphatic carbocycles. The second-order valence-electron chi connectivity index (χ2n) is 3.64. The molecule has 0 amide bonds. The van der Waals surface area contributed by atoms with Crippen molar-refractivity contribution in [3.8, 4) is 0 Å². The van der Waals surface area contributed by atoms with Crippen LogP contribution in [0.2, 0.25) is 0 Å². The number of hydrogen-bond acceptors (Lipinski definition) is 2. The molecule has 0 bridgehead atoms. The van der Waals surface area contributed by atoms with Crippen molar-refractivity contribution in [1.82, 2.24) is 0 Å². The monoisotopic (exact) mass is 200 g/mol.